The highest BCUT2D eigenvalue weighted by Crippen LogP contribution is 2.16. The summed E-state index contributed by atoms with van der Waals surface area (Å²) in [4.78, 5) is 24.3. The third-order valence-electron chi connectivity index (χ3n) is 2.92. The maximum Gasteiger partial charge on any atom is 0.276 e. The van der Waals surface area contributed by atoms with E-state index in [9.17, 15) is 9.59 Å². The Morgan fingerprint density at radius 1 is 1.15 bits per heavy atom. The van der Waals surface area contributed by atoms with Gasteiger partial charge in [-0.3, -0.25) is 25.8 Å². The van der Waals surface area contributed by atoms with Crippen LogP contribution in [0.1, 0.15) is 4.88 Å². The SMILES string of the molecule is COc1ccc(OCC(=O)NNC(=S)NC(=O)C=Cc2cccs2)cc1. The van der Waals surface area contributed by atoms with E-state index in [-0.39, 0.29) is 11.7 Å². The van der Waals surface area contributed by atoms with Crippen LogP contribution in [0.15, 0.2) is 47.9 Å². The number of benzene rings is 1. The van der Waals surface area contributed by atoms with Crippen molar-refractivity contribution in [1.29, 1.82) is 0 Å². The van der Waals surface area contributed by atoms with E-state index in [1.54, 1.807) is 37.5 Å². The van der Waals surface area contributed by atoms with Crippen LogP contribution in [0.5, 0.6) is 11.5 Å². The number of nitrogens with one attached hydrogen (secondary N) is 3. The molecule has 3 N–H and O–H groups in total. The quantitative estimate of drug-likeness (QED) is 0.396. The maximum absolute atomic E-state index is 11.7. The van der Waals surface area contributed by atoms with Gasteiger partial charge in [0.25, 0.3) is 5.91 Å². The molecule has 2 amide bonds. The van der Waals surface area contributed by atoms with Crippen LogP contribution in [-0.2, 0) is 9.59 Å². The molecule has 1 heterocycles. The first kappa shape index (κ1) is 19.4. The first-order valence-electron chi connectivity index (χ1n) is 7.45. The zero-order valence-electron chi connectivity index (χ0n) is 13.9. The van der Waals surface area contributed by atoms with E-state index < -0.39 is 11.8 Å². The molecule has 0 unspecified atom stereocenters. The molecule has 2 aromatic rings. The second-order valence-electron chi connectivity index (χ2n) is 4.80. The Labute approximate surface area is 160 Å². The lowest BCUT2D eigenvalue weighted by Gasteiger charge is -2.10. The summed E-state index contributed by atoms with van der Waals surface area (Å²) in [7, 11) is 1.56. The molecule has 0 aliphatic carbocycles. The highest BCUT2D eigenvalue weighted by atomic mass is 32.1. The van der Waals surface area contributed by atoms with Gasteiger partial charge in [0.15, 0.2) is 11.7 Å². The van der Waals surface area contributed by atoms with Gasteiger partial charge in [-0.25, -0.2) is 0 Å². The van der Waals surface area contributed by atoms with Gasteiger partial charge in [-0.1, -0.05) is 6.07 Å². The van der Waals surface area contributed by atoms with Crippen LogP contribution in [0.4, 0.5) is 0 Å². The molecule has 136 valence electrons. The first-order chi connectivity index (χ1) is 12.6. The second-order valence-corrected chi connectivity index (χ2v) is 6.19. The summed E-state index contributed by atoms with van der Waals surface area (Å²) in [6.07, 6.45) is 3.03. The van der Waals surface area contributed by atoms with Crippen molar-refractivity contribution in [3.63, 3.8) is 0 Å². The number of rotatable bonds is 6. The average molecular weight is 391 g/mol. The standard InChI is InChI=1S/C17H17N3O4S2/c1-23-12-4-6-13(7-5-12)24-11-16(22)19-20-17(25)18-15(21)9-8-14-3-2-10-26-14/h2-10H,11H2,1H3,(H,19,22)(H2,18,20,21,25). The summed E-state index contributed by atoms with van der Waals surface area (Å²) in [6, 6.07) is 10.6. The zero-order valence-corrected chi connectivity index (χ0v) is 15.5. The molecule has 0 radical (unpaired) electrons. The van der Waals surface area contributed by atoms with Crippen LogP contribution >= 0.6 is 23.6 Å². The van der Waals surface area contributed by atoms with Gasteiger partial charge in [-0.05, 0) is 54.0 Å². The van der Waals surface area contributed by atoms with Crippen LogP contribution in [0, 0.1) is 0 Å². The highest BCUT2D eigenvalue weighted by Gasteiger charge is 2.05. The number of thiophene rings is 1. The highest BCUT2D eigenvalue weighted by molar-refractivity contribution is 7.80. The second kappa shape index (κ2) is 10.2. The van der Waals surface area contributed by atoms with Crippen molar-refractivity contribution in [3.8, 4) is 11.5 Å². The molecule has 1 aromatic heterocycles. The molecule has 1 aromatic carbocycles. The van der Waals surface area contributed by atoms with Crippen molar-refractivity contribution >= 4 is 46.6 Å². The van der Waals surface area contributed by atoms with Crippen molar-refractivity contribution in [2.75, 3.05) is 13.7 Å². The van der Waals surface area contributed by atoms with Gasteiger partial charge in [0.2, 0.25) is 5.91 Å². The Hall–Kier alpha value is -2.91. The lowest BCUT2D eigenvalue weighted by Crippen LogP contribution is -2.49. The number of thiocarbonyl (C=S) groups is 1. The Kier molecular flexibility index (Phi) is 7.59. The maximum atomic E-state index is 11.7. The summed E-state index contributed by atoms with van der Waals surface area (Å²) in [5, 5.41) is 4.30. The fraction of sp³-hybridized carbons (Fsp3) is 0.118. The molecular weight excluding hydrogens is 374 g/mol. The normalized spacial score (nSPS) is 10.2. The van der Waals surface area contributed by atoms with Crippen LogP contribution in [-0.4, -0.2) is 30.6 Å². The minimum Gasteiger partial charge on any atom is -0.497 e. The Morgan fingerprint density at radius 3 is 2.54 bits per heavy atom. The molecule has 0 saturated heterocycles. The van der Waals surface area contributed by atoms with Crippen molar-refractivity contribution in [1.82, 2.24) is 16.2 Å². The summed E-state index contributed by atoms with van der Waals surface area (Å²) in [5.74, 6) is 0.361. The van der Waals surface area contributed by atoms with E-state index in [4.69, 9.17) is 21.7 Å². The smallest absolute Gasteiger partial charge is 0.276 e. The van der Waals surface area contributed by atoms with Gasteiger partial charge in [-0.15, -0.1) is 11.3 Å². The van der Waals surface area contributed by atoms with Gasteiger partial charge < -0.3 is 9.47 Å². The molecule has 2 rings (SSSR count). The number of methoxy groups -OCH3 is 1. The van der Waals surface area contributed by atoms with E-state index >= 15 is 0 Å². The first-order valence-corrected chi connectivity index (χ1v) is 8.74. The lowest BCUT2D eigenvalue weighted by atomic mass is 10.3. The largest absolute Gasteiger partial charge is 0.497 e. The van der Waals surface area contributed by atoms with Crippen LogP contribution in [0.3, 0.4) is 0 Å². The number of hydrogen-bond acceptors (Lipinski definition) is 6. The van der Waals surface area contributed by atoms with Gasteiger partial charge in [0, 0.05) is 11.0 Å². The van der Waals surface area contributed by atoms with E-state index in [1.165, 1.54) is 17.4 Å². The molecule has 7 nitrogen and oxygen atoms in total. The van der Waals surface area contributed by atoms with Crippen molar-refractivity contribution < 1.29 is 19.1 Å². The predicted molar refractivity (Wildman–Crippen MR) is 104 cm³/mol. The van der Waals surface area contributed by atoms with Crippen LogP contribution in [0.25, 0.3) is 6.08 Å². The van der Waals surface area contributed by atoms with Crippen molar-refractivity contribution in [2.45, 2.75) is 0 Å². The summed E-state index contributed by atoms with van der Waals surface area (Å²) in [6.45, 7) is -0.214. The zero-order chi connectivity index (χ0) is 18.8. The fourth-order valence-corrected chi connectivity index (χ4v) is 2.48. The van der Waals surface area contributed by atoms with E-state index in [1.807, 2.05) is 17.5 Å². The average Bonchev–Trinajstić information content (AvgIpc) is 3.17. The molecule has 26 heavy (non-hydrogen) atoms. The summed E-state index contributed by atoms with van der Waals surface area (Å²) in [5.41, 5.74) is 4.76. The predicted octanol–water partition coefficient (Wildman–Crippen LogP) is 1.87. The number of hydrazine groups is 1. The number of carbonyl (C=O) groups excluding carboxylic acids is 2. The number of ether oxygens (including phenoxy) is 2. The molecular formula is C17H17N3O4S2. The monoisotopic (exact) mass is 391 g/mol. The van der Waals surface area contributed by atoms with Crippen molar-refractivity contribution in [2.24, 2.45) is 0 Å². The van der Waals surface area contributed by atoms with E-state index in [0.29, 0.717) is 11.5 Å². The van der Waals surface area contributed by atoms with Gasteiger partial charge in [-0.2, -0.15) is 0 Å². The van der Waals surface area contributed by atoms with Crippen LogP contribution < -0.4 is 25.6 Å². The number of hydrogen-bond donors (Lipinski definition) is 3. The van der Waals surface area contributed by atoms with Crippen LogP contribution in [0.2, 0.25) is 0 Å². The van der Waals surface area contributed by atoms with E-state index in [0.717, 1.165) is 4.88 Å². The third-order valence-corrected chi connectivity index (χ3v) is 3.97. The number of carbonyl (C=O) groups is 2. The minimum atomic E-state index is -0.452. The summed E-state index contributed by atoms with van der Waals surface area (Å²) < 4.78 is 10.3. The number of amides is 2. The molecule has 0 aliphatic heterocycles. The Morgan fingerprint density at radius 2 is 1.88 bits per heavy atom. The molecule has 0 aliphatic rings. The fourth-order valence-electron chi connectivity index (χ4n) is 1.71. The van der Waals surface area contributed by atoms with Gasteiger partial charge in [0.1, 0.15) is 11.5 Å². The molecule has 0 spiro atoms. The van der Waals surface area contributed by atoms with Gasteiger partial charge >= 0.3 is 0 Å². The summed E-state index contributed by atoms with van der Waals surface area (Å²) >= 11 is 6.43. The molecule has 9 heteroatoms. The molecule has 0 fully saturated rings. The lowest BCUT2D eigenvalue weighted by molar-refractivity contribution is -0.123. The Balaban J connectivity index is 1.66. The van der Waals surface area contributed by atoms with E-state index in [2.05, 4.69) is 16.2 Å². The molecule has 0 bridgehead atoms. The molecule has 0 atom stereocenters. The van der Waals surface area contributed by atoms with Crippen molar-refractivity contribution in [3.05, 3.63) is 52.7 Å². The van der Waals surface area contributed by atoms with Gasteiger partial charge in [0.05, 0.1) is 7.11 Å². The Bertz CT molecular complexity index is 774. The third kappa shape index (κ3) is 6.91. The minimum absolute atomic E-state index is 0.0244. The topological polar surface area (TPSA) is 88.7 Å². The molecule has 0 saturated carbocycles.